The molecule has 1 amide bonds. The van der Waals surface area contributed by atoms with Gasteiger partial charge in [0.1, 0.15) is 19.0 Å². The van der Waals surface area contributed by atoms with E-state index >= 15 is 0 Å². The summed E-state index contributed by atoms with van der Waals surface area (Å²) in [6, 6.07) is 9.98. The summed E-state index contributed by atoms with van der Waals surface area (Å²) in [6.45, 7) is 1.99. The molecule has 0 saturated carbocycles. The highest BCUT2D eigenvalue weighted by Crippen LogP contribution is 2.38. The van der Waals surface area contributed by atoms with E-state index in [9.17, 15) is 4.79 Å². The highest BCUT2D eigenvalue weighted by Gasteiger charge is 2.30. The fraction of sp³-hybridized carbons (Fsp3) is 0.421. The average molecular weight is 359 g/mol. The molecule has 6 heteroatoms. The number of benzene rings is 1. The minimum absolute atomic E-state index is 0.132. The van der Waals surface area contributed by atoms with E-state index in [1.165, 1.54) is 0 Å². The molecule has 0 aliphatic carbocycles. The molecule has 1 unspecified atom stereocenters. The van der Waals surface area contributed by atoms with Crippen LogP contribution in [-0.4, -0.2) is 36.3 Å². The first-order valence-corrected chi connectivity index (χ1v) is 9.76. The quantitative estimate of drug-likeness (QED) is 0.816. The first kappa shape index (κ1) is 16.4. The maximum Gasteiger partial charge on any atom is 0.233 e. The van der Waals surface area contributed by atoms with Gasteiger partial charge in [-0.05, 0) is 42.7 Å². The summed E-state index contributed by atoms with van der Waals surface area (Å²) >= 11 is 1.60. The van der Waals surface area contributed by atoms with Crippen molar-refractivity contribution in [2.45, 2.75) is 24.6 Å². The Balaban J connectivity index is 1.40. The van der Waals surface area contributed by atoms with Gasteiger partial charge in [-0.2, -0.15) is 0 Å². The lowest BCUT2D eigenvalue weighted by atomic mass is 10.0. The number of likely N-dealkylation sites (tertiary alicyclic amines) is 1. The van der Waals surface area contributed by atoms with Crippen molar-refractivity contribution in [3.8, 4) is 11.5 Å². The molecular formula is C19H21NO4S. The zero-order valence-electron chi connectivity index (χ0n) is 14.0. The molecule has 2 aromatic rings. The number of nitrogens with zero attached hydrogens (tertiary/aromatic N) is 1. The maximum atomic E-state index is 12.7. The Morgan fingerprint density at radius 3 is 2.92 bits per heavy atom. The molecule has 2 aliphatic heterocycles. The molecule has 5 nitrogen and oxygen atoms in total. The fourth-order valence-corrected chi connectivity index (χ4v) is 4.20. The van der Waals surface area contributed by atoms with Crippen molar-refractivity contribution >= 4 is 17.7 Å². The lowest BCUT2D eigenvalue weighted by molar-refractivity contribution is -0.129. The molecule has 1 aromatic carbocycles. The summed E-state index contributed by atoms with van der Waals surface area (Å²) in [4.78, 5) is 14.7. The number of ether oxygens (including phenoxy) is 2. The molecular weight excluding hydrogens is 338 g/mol. The fourth-order valence-electron chi connectivity index (χ4n) is 3.40. The number of furan rings is 1. The smallest absolute Gasteiger partial charge is 0.233 e. The van der Waals surface area contributed by atoms with Crippen LogP contribution in [-0.2, 0) is 10.5 Å². The van der Waals surface area contributed by atoms with E-state index in [2.05, 4.69) is 6.07 Å². The van der Waals surface area contributed by atoms with E-state index in [1.54, 1.807) is 18.0 Å². The number of carbonyl (C=O) groups is 1. The van der Waals surface area contributed by atoms with E-state index < -0.39 is 0 Å². The van der Waals surface area contributed by atoms with Gasteiger partial charge in [-0.1, -0.05) is 6.07 Å². The predicted molar refractivity (Wildman–Crippen MR) is 96.0 cm³/mol. The topological polar surface area (TPSA) is 51.9 Å². The van der Waals surface area contributed by atoms with Crippen molar-refractivity contribution in [3.63, 3.8) is 0 Å². The Bertz CT molecular complexity index is 731. The molecule has 132 valence electrons. The van der Waals surface area contributed by atoms with Crippen LogP contribution in [0.3, 0.4) is 0 Å². The Morgan fingerprint density at radius 2 is 2.08 bits per heavy atom. The summed E-state index contributed by atoms with van der Waals surface area (Å²) < 4.78 is 16.6. The standard InChI is InChI=1S/C19H21NO4S/c21-19(13-25-12-15-3-2-8-22-15)20-7-1-4-16(20)14-5-6-17-18(11-14)24-10-9-23-17/h2-3,5-6,8,11,16H,1,4,7,9-10,12-13H2. The minimum atomic E-state index is 0.132. The first-order valence-electron chi connectivity index (χ1n) is 8.60. The van der Waals surface area contributed by atoms with Crippen LogP contribution in [0, 0.1) is 0 Å². The van der Waals surface area contributed by atoms with E-state index in [4.69, 9.17) is 13.9 Å². The van der Waals surface area contributed by atoms with Gasteiger partial charge in [0.2, 0.25) is 5.91 Å². The van der Waals surface area contributed by atoms with Crippen LogP contribution in [0.1, 0.15) is 30.2 Å². The Kier molecular flexibility index (Phi) is 4.88. The molecule has 2 aliphatic rings. The molecule has 1 aromatic heterocycles. The van der Waals surface area contributed by atoms with Crippen LogP contribution < -0.4 is 9.47 Å². The first-order chi connectivity index (χ1) is 12.3. The Morgan fingerprint density at radius 1 is 1.20 bits per heavy atom. The van der Waals surface area contributed by atoms with Crippen LogP contribution in [0.2, 0.25) is 0 Å². The van der Waals surface area contributed by atoms with Gasteiger partial charge in [-0.25, -0.2) is 0 Å². The number of fused-ring (bicyclic) bond motifs is 1. The van der Waals surface area contributed by atoms with Crippen molar-refractivity contribution in [1.82, 2.24) is 4.90 Å². The summed E-state index contributed by atoms with van der Waals surface area (Å²) in [5.41, 5.74) is 1.13. The second-order valence-corrected chi connectivity index (χ2v) is 7.21. The Hall–Kier alpha value is -2.08. The highest BCUT2D eigenvalue weighted by molar-refractivity contribution is 7.99. The van der Waals surface area contributed by atoms with Gasteiger partial charge >= 0.3 is 0 Å². The van der Waals surface area contributed by atoms with Crippen molar-refractivity contribution in [1.29, 1.82) is 0 Å². The predicted octanol–water partition coefficient (Wildman–Crippen LogP) is 3.65. The summed E-state index contributed by atoms with van der Waals surface area (Å²) in [5.74, 6) is 3.87. The zero-order chi connectivity index (χ0) is 17.1. The highest BCUT2D eigenvalue weighted by atomic mass is 32.2. The SMILES string of the molecule is O=C(CSCc1ccco1)N1CCCC1c1ccc2c(c1)OCCO2. The minimum Gasteiger partial charge on any atom is -0.486 e. The second-order valence-electron chi connectivity index (χ2n) is 6.22. The molecule has 0 radical (unpaired) electrons. The number of hydrogen-bond donors (Lipinski definition) is 0. The van der Waals surface area contributed by atoms with Crippen molar-refractivity contribution in [2.75, 3.05) is 25.5 Å². The van der Waals surface area contributed by atoms with Gasteiger partial charge in [0, 0.05) is 6.54 Å². The van der Waals surface area contributed by atoms with Gasteiger partial charge in [-0.3, -0.25) is 4.79 Å². The lowest BCUT2D eigenvalue weighted by Crippen LogP contribution is -2.32. The number of hydrogen-bond acceptors (Lipinski definition) is 5. The number of thioether (sulfide) groups is 1. The molecule has 0 N–H and O–H groups in total. The maximum absolute atomic E-state index is 12.7. The third kappa shape index (κ3) is 3.63. The van der Waals surface area contributed by atoms with Gasteiger partial charge in [0.05, 0.1) is 23.8 Å². The molecule has 1 fully saturated rings. The normalized spacial score (nSPS) is 19.2. The third-order valence-corrected chi connectivity index (χ3v) is 5.51. The van der Waals surface area contributed by atoms with Crippen LogP contribution in [0.5, 0.6) is 11.5 Å². The summed E-state index contributed by atoms with van der Waals surface area (Å²) in [5, 5.41) is 0. The second kappa shape index (κ2) is 7.44. The molecule has 1 saturated heterocycles. The third-order valence-electron chi connectivity index (χ3n) is 4.57. The van der Waals surface area contributed by atoms with Crippen molar-refractivity contribution in [3.05, 3.63) is 47.9 Å². The molecule has 25 heavy (non-hydrogen) atoms. The van der Waals surface area contributed by atoms with E-state index in [0.717, 1.165) is 48.0 Å². The average Bonchev–Trinajstić information content (AvgIpc) is 3.33. The van der Waals surface area contributed by atoms with Gasteiger partial charge < -0.3 is 18.8 Å². The lowest BCUT2D eigenvalue weighted by Gasteiger charge is -2.26. The Labute approximate surface area is 151 Å². The van der Waals surface area contributed by atoms with E-state index in [1.807, 2.05) is 29.2 Å². The monoisotopic (exact) mass is 359 g/mol. The summed E-state index contributed by atoms with van der Waals surface area (Å²) in [6.07, 6.45) is 3.69. The van der Waals surface area contributed by atoms with Crippen molar-refractivity contribution < 1.29 is 18.7 Å². The molecule has 0 bridgehead atoms. The molecule has 1 atom stereocenters. The van der Waals surface area contributed by atoms with Gasteiger partial charge in [0.15, 0.2) is 11.5 Å². The van der Waals surface area contributed by atoms with E-state index in [0.29, 0.717) is 19.0 Å². The van der Waals surface area contributed by atoms with Gasteiger partial charge in [-0.15, -0.1) is 11.8 Å². The molecule has 0 spiro atoms. The number of carbonyl (C=O) groups excluding carboxylic acids is 1. The summed E-state index contributed by atoms with van der Waals surface area (Å²) in [7, 11) is 0. The van der Waals surface area contributed by atoms with Crippen LogP contribution in [0.15, 0.2) is 41.0 Å². The van der Waals surface area contributed by atoms with Crippen LogP contribution in [0.25, 0.3) is 0 Å². The van der Waals surface area contributed by atoms with E-state index in [-0.39, 0.29) is 11.9 Å². The number of rotatable bonds is 5. The molecule has 4 rings (SSSR count). The van der Waals surface area contributed by atoms with Crippen LogP contribution in [0.4, 0.5) is 0 Å². The van der Waals surface area contributed by atoms with Crippen molar-refractivity contribution in [2.24, 2.45) is 0 Å². The number of amides is 1. The zero-order valence-corrected chi connectivity index (χ0v) is 14.8. The van der Waals surface area contributed by atoms with Crippen LogP contribution >= 0.6 is 11.8 Å². The largest absolute Gasteiger partial charge is 0.486 e. The molecule has 3 heterocycles. The van der Waals surface area contributed by atoms with Gasteiger partial charge in [0.25, 0.3) is 0 Å².